The van der Waals surface area contributed by atoms with Gasteiger partial charge in [-0.25, -0.2) is 15.0 Å². The molecular weight excluding hydrogens is 639 g/mol. The number of nitrogens with zero attached hydrogens (tertiary/aromatic N) is 3. The standard InChI is InChI=1S/C47H29N3S/c1-2-11-30(12-3-1)32-15-8-16-36(28-32)45-48-46(50-47(49-45)42-21-10-20-41-40-18-6-7-22-43(40)51-44(41)42)37-26-24-33-27-35(25-23-34(33)29-37)39-19-9-14-31-13-4-5-17-38(31)39/h1-29H. The molecule has 0 unspecified atom stereocenters. The summed E-state index contributed by atoms with van der Waals surface area (Å²) in [5.74, 6) is 1.97. The van der Waals surface area contributed by atoms with E-state index in [0.29, 0.717) is 17.5 Å². The van der Waals surface area contributed by atoms with Crippen molar-refractivity contribution in [2.24, 2.45) is 0 Å². The summed E-state index contributed by atoms with van der Waals surface area (Å²) < 4.78 is 2.43. The van der Waals surface area contributed by atoms with Crippen molar-refractivity contribution < 1.29 is 0 Å². The van der Waals surface area contributed by atoms with Gasteiger partial charge >= 0.3 is 0 Å². The number of fused-ring (bicyclic) bond motifs is 5. The maximum Gasteiger partial charge on any atom is 0.165 e. The molecule has 51 heavy (non-hydrogen) atoms. The summed E-state index contributed by atoms with van der Waals surface area (Å²) in [6, 6.07) is 62.2. The summed E-state index contributed by atoms with van der Waals surface area (Å²) in [7, 11) is 0. The van der Waals surface area contributed by atoms with Crippen molar-refractivity contribution >= 4 is 53.1 Å². The molecule has 0 aliphatic rings. The van der Waals surface area contributed by atoms with Crippen molar-refractivity contribution in [2.45, 2.75) is 0 Å². The molecule has 10 aromatic rings. The highest BCUT2D eigenvalue weighted by atomic mass is 32.1. The van der Waals surface area contributed by atoms with Crippen LogP contribution in [0.3, 0.4) is 0 Å². The van der Waals surface area contributed by atoms with E-state index in [0.717, 1.165) is 33.2 Å². The lowest BCUT2D eigenvalue weighted by Crippen LogP contribution is -2.00. The lowest BCUT2D eigenvalue weighted by Gasteiger charge is -2.11. The largest absolute Gasteiger partial charge is 0.208 e. The molecule has 0 spiro atoms. The van der Waals surface area contributed by atoms with Crippen LogP contribution in [0.5, 0.6) is 0 Å². The number of hydrogen-bond donors (Lipinski definition) is 0. The van der Waals surface area contributed by atoms with Crippen LogP contribution in [-0.2, 0) is 0 Å². The van der Waals surface area contributed by atoms with E-state index < -0.39 is 0 Å². The topological polar surface area (TPSA) is 38.7 Å². The monoisotopic (exact) mass is 667 g/mol. The molecule has 0 fully saturated rings. The average molecular weight is 668 g/mol. The van der Waals surface area contributed by atoms with Gasteiger partial charge in [-0.05, 0) is 74.1 Å². The average Bonchev–Trinajstić information content (AvgIpc) is 3.59. The van der Waals surface area contributed by atoms with Crippen molar-refractivity contribution in [3.8, 4) is 56.4 Å². The minimum absolute atomic E-state index is 0.650. The quantitative estimate of drug-likeness (QED) is 0.183. The van der Waals surface area contributed by atoms with Gasteiger partial charge in [-0.3, -0.25) is 0 Å². The van der Waals surface area contributed by atoms with Crippen LogP contribution >= 0.6 is 11.3 Å². The first-order valence-corrected chi connectivity index (χ1v) is 17.9. The third-order valence-corrected chi connectivity index (χ3v) is 10.9. The molecular formula is C47H29N3S. The Bertz CT molecular complexity index is 2920. The molecule has 3 nitrogen and oxygen atoms in total. The Labute approximate surface area is 299 Å². The van der Waals surface area contributed by atoms with E-state index in [4.69, 9.17) is 15.0 Å². The van der Waals surface area contributed by atoms with Crippen molar-refractivity contribution in [1.82, 2.24) is 15.0 Å². The van der Waals surface area contributed by atoms with E-state index in [1.807, 2.05) is 6.07 Å². The first-order chi connectivity index (χ1) is 25.2. The van der Waals surface area contributed by atoms with E-state index in [-0.39, 0.29) is 0 Å². The number of aromatic nitrogens is 3. The number of hydrogen-bond acceptors (Lipinski definition) is 4. The highest BCUT2D eigenvalue weighted by Crippen LogP contribution is 2.40. The van der Waals surface area contributed by atoms with E-state index in [1.165, 1.54) is 47.5 Å². The molecule has 0 radical (unpaired) electrons. The molecule has 0 bridgehead atoms. The van der Waals surface area contributed by atoms with Crippen LogP contribution in [-0.4, -0.2) is 15.0 Å². The fourth-order valence-corrected chi connectivity index (χ4v) is 8.39. The second-order valence-electron chi connectivity index (χ2n) is 12.8. The summed E-state index contributed by atoms with van der Waals surface area (Å²) in [5, 5.41) is 7.28. The van der Waals surface area contributed by atoms with Crippen LogP contribution < -0.4 is 0 Å². The van der Waals surface area contributed by atoms with Crippen molar-refractivity contribution in [3.05, 3.63) is 176 Å². The fraction of sp³-hybridized carbons (Fsp3) is 0. The predicted octanol–water partition coefficient (Wildman–Crippen LogP) is 12.9. The van der Waals surface area contributed by atoms with Gasteiger partial charge in [-0.15, -0.1) is 11.3 Å². The second-order valence-corrected chi connectivity index (χ2v) is 13.9. The van der Waals surface area contributed by atoms with E-state index in [1.54, 1.807) is 11.3 Å². The Morgan fingerprint density at radius 2 is 0.882 bits per heavy atom. The molecule has 0 saturated heterocycles. The molecule has 0 saturated carbocycles. The third-order valence-electron chi connectivity index (χ3n) is 9.71. The second kappa shape index (κ2) is 12.1. The zero-order valence-electron chi connectivity index (χ0n) is 27.5. The van der Waals surface area contributed by atoms with Gasteiger partial charge in [0.15, 0.2) is 17.5 Å². The normalized spacial score (nSPS) is 11.5. The molecule has 0 N–H and O–H groups in total. The number of benzene rings is 8. The van der Waals surface area contributed by atoms with Gasteiger partial charge < -0.3 is 0 Å². The Hall–Kier alpha value is -6.49. The van der Waals surface area contributed by atoms with E-state index in [9.17, 15) is 0 Å². The Morgan fingerprint density at radius 3 is 1.75 bits per heavy atom. The zero-order valence-corrected chi connectivity index (χ0v) is 28.3. The van der Waals surface area contributed by atoms with Gasteiger partial charge in [0.05, 0.1) is 0 Å². The Balaban J connectivity index is 1.13. The van der Waals surface area contributed by atoms with Crippen LogP contribution in [0.4, 0.5) is 0 Å². The summed E-state index contributed by atoms with van der Waals surface area (Å²) in [6.45, 7) is 0. The van der Waals surface area contributed by atoms with Crippen LogP contribution in [0, 0.1) is 0 Å². The molecule has 8 aromatic carbocycles. The van der Waals surface area contributed by atoms with E-state index in [2.05, 4.69) is 170 Å². The molecule has 4 heteroatoms. The predicted molar refractivity (Wildman–Crippen MR) is 215 cm³/mol. The van der Waals surface area contributed by atoms with Crippen LogP contribution in [0.15, 0.2) is 176 Å². The van der Waals surface area contributed by atoms with Crippen LogP contribution in [0.2, 0.25) is 0 Å². The van der Waals surface area contributed by atoms with Gasteiger partial charge in [0.1, 0.15) is 0 Å². The molecule has 0 atom stereocenters. The number of rotatable bonds is 5. The van der Waals surface area contributed by atoms with E-state index >= 15 is 0 Å². The molecule has 2 heterocycles. The summed E-state index contributed by atoms with van der Waals surface area (Å²) in [4.78, 5) is 15.5. The maximum atomic E-state index is 5.19. The van der Waals surface area contributed by atoms with Gasteiger partial charge in [0.2, 0.25) is 0 Å². The lowest BCUT2D eigenvalue weighted by atomic mass is 9.96. The SMILES string of the molecule is c1ccc(-c2cccc(-c3nc(-c4ccc5cc(-c6cccc7ccccc67)ccc5c4)nc(-c4cccc5c4sc4ccccc45)n3)c2)cc1. The van der Waals surface area contributed by atoms with Crippen molar-refractivity contribution in [1.29, 1.82) is 0 Å². The fourth-order valence-electron chi connectivity index (χ4n) is 7.18. The molecule has 238 valence electrons. The lowest BCUT2D eigenvalue weighted by molar-refractivity contribution is 1.08. The van der Waals surface area contributed by atoms with Crippen LogP contribution in [0.25, 0.3) is 98.1 Å². The highest BCUT2D eigenvalue weighted by Gasteiger charge is 2.17. The first-order valence-electron chi connectivity index (χ1n) is 17.1. The smallest absolute Gasteiger partial charge is 0.165 e. The molecule has 0 aliphatic heterocycles. The minimum Gasteiger partial charge on any atom is -0.208 e. The highest BCUT2D eigenvalue weighted by molar-refractivity contribution is 7.26. The first kappa shape index (κ1) is 29.4. The van der Waals surface area contributed by atoms with Gasteiger partial charge in [0.25, 0.3) is 0 Å². The van der Waals surface area contributed by atoms with Gasteiger partial charge in [-0.1, -0.05) is 146 Å². The number of thiophene rings is 1. The molecule has 2 aromatic heterocycles. The third kappa shape index (κ3) is 5.25. The van der Waals surface area contributed by atoms with Gasteiger partial charge in [-0.2, -0.15) is 0 Å². The summed E-state index contributed by atoms with van der Waals surface area (Å²) in [6.07, 6.45) is 0. The van der Waals surface area contributed by atoms with Crippen molar-refractivity contribution in [2.75, 3.05) is 0 Å². The Morgan fingerprint density at radius 1 is 0.314 bits per heavy atom. The van der Waals surface area contributed by atoms with Gasteiger partial charge in [0, 0.05) is 36.9 Å². The molecule has 0 aliphatic carbocycles. The Kier molecular flexibility index (Phi) is 7.00. The molecule has 0 amide bonds. The minimum atomic E-state index is 0.650. The maximum absolute atomic E-state index is 5.19. The zero-order chi connectivity index (χ0) is 33.7. The molecule has 10 rings (SSSR count). The summed E-state index contributed by atoms with van der Waals surface area (Å²) >= 11 is 1.79. The summed E-state index contributed by atoms with van der Waals surface area (Å²) in [5.41, 5.74) is 7.62. The van der Waals surface area contributed by atoms with Crippen LogP contribution in [0.1, 0.15) is 0 Å². The van der Waals surface area contributed by atoms with Crippen molar-refractivity contribution in [3.63, 3.8) is 0 Å².